The molecule has 0 spiro atoms. The first-order valence-electron chi connectivity index (χ1n) is 6.37. The molecule has 2 aromatic rings. The minimum atomic E-state index is -0.383. The molecule has 1 aliphatic carbocycles. The van der Waals surface area contributed by atoms with Crippen molar-refractivity contribution in [1.82, 2.24) is 14.8 Å². The molecule has 0 unspecified atom stereocenters. The Hall–Kier alpha value is -1.76. The molecule has 7 heteroatoms. The van der Waals surface area contributed by atoms with E-state index in [9.17, 15) is 10.1 Å². The van der Waals surface area contributed by atoms with Gasteiger partial charge in [0.15, 0.2) is 5.82 Å². The van der Waals surface area contributed by atoms with Crippen molar-refractivity contribution in [2.24, 2.45) is 0 Å². The van der Waals surface area contributed by atoms with Crippen LogP contribution in [-0.2, 0) is 5.33 Å². The van der Waals surface area contributed by atoms with Crippen LogP contribution >= 0.6 is 15.9 Å². The van der Waals surface area contributed by atoms with Gasteiger partial charge in [0, 0.05) is 23.7 Å². The molecular weight excluding hydrogens is 324 g/mol. The zero-order chi connectivity index (χ0) is 14.3. The Morgan fingerprint density at radius 3 is 2.80 bits per heavy atom. The molecule has 1 fully saturated rings. The lowest BCUT2D eigenvalue weighted by molar-refractivity contribution is -0.384. The van der Waals surface area contributed by atoms with E-state index in [0.29, 0.717) is 11.4 Å². The summed E-state index contributed by atoms with van der Waals surface area (Å²) in [6, 6.07) is 5.28. The summed E-state index contributed by atoms with van der Waals surface area (Å²) in [5, 5.41) is 20.0. The number of rotatable bonds is 4. The van der Waals surface area contributed by atoms with Crippen LogP contribution in [0, 0.1) is 17.0 Å². The molecular formula is C13H13BrN4O2. The van der Waals surface area contributed by atoms with Crippen molar-refractivity contribution in [3.63, 3.8) is 0 Å². The number of benzene rings is 1. The molecule has 0 bridgehead atoms. The molecule has 1 aromatic heterocycles. The summed E-state index contributed by atoms with van der Waals surface area (Å²) in [5.74, 6) is 1.59. The second-order valence-corrected chi connectivity index (χ2v) is 5.49. The number of nitro groups is 1. The van der Waals surface area contributed by atoms with E-state index in [1.54, 1.807) is 12.1 Å². The quantitative estimate of drug-likeness (QED) is 0.487. The minimum absolute atomic E-state index is 0.0799. The van der Waals surface area contributed by atoms with Crippen LogP contribution in [0.4, 0.5) is 5.69 Å². The smallest absolute Gasteiger partial charge is 0.270 e. The van der Waals surface area contributed by atoms with Gasteiger partial charge in [-0.05, 0) is 25.3 Å². The monoisotopic (exact) mass is 336 g/mol. The zero-order valence-corrected chi connectivity index (χ0v) is 12.5. The van der Waals surface area contributed by atoms with Crippen molar-refractivity contribution in [2.45, 2.75) is 31.1 Å². The van der Waals surface area contributed by atoms with Gasteiger partial charge in [-0.2, -0.15) is 0 Å². The lowest BCUT2D eigenvalue weighted by Gasteiger charge is -2.09. The maximum Gasteiger partial charge on any atom is 0.270 e. The first-order chi connectivity index (χ1) is 9.61. The predicted octanol–water partition coefficient (Wildman–Crippen LogP) is 3.39. The minimum Gasteiger partial charge on any atom is -0.307 e. The molecule has 0 atom stereocenters. The van der Waals surface area contributed by atoms with Crippen molar-refractivity contribution in [3.05, 3.63) is 39.7 Å². The SMILES string of the molecule is Cc1ccc([N+](=O)[O-])cc1-c1nnc(CBr)n1C1CC1. The van der Waals surface area contributed by atoms with Gasteiger partial charge in [0.2, 0.25) is 0 Å². The van der Waals surface area contributed by atoms with Gasteiger partial charge < -0.3 is 4.57 Å². The molecule has 0 radical (unpaired) electrons. The van der Waals surface area contributed by atoms with Crippen LogP contribution in [0.15, 0.2) is 18.2 Å². The fourth-order valence-electron chi connectivity index (χ4n) is 2.28. The van der Waals surface area contributed by atoms with Crippen LogP contribution in [0.3, 0.4) is 0 Å². The van der Waals surface area contributed by atoms with Crippen molar-refractivity contribution < 1.29 is 4.92 Å². The Morgan fingerprint density at radius 1 is 1.45 bits per heavy atom. The molecule has 1 heterocycles. The normalized spacial score (nSPS) is 14.5. The summed E-state index contributed by atoms with van der Waals surface area (Å²) in [6.07, 6.45) is 2.22. The van der Waals surface area contributed by atoms with Gasteiger partial charge in [0.1, 0.15) is 5.82 Å². The Labute approximate surface area is 124 Å². The summed E-state index contributed by atoms with van der Waals surface area (Å²) in [7, 11) is 0. The number of non-ortho nitro benzene ring substituents is 1. The van der Waals surface area contributed by atoms with E-state index in [1.807, 2.05) is 6.92 Å². The lowest BCUT2D eigenvalue weighted by Crippen LogP contribution is -2.03. The Balaban J connectivity index is 2.15. The second-order valence-electron chi connectivity index (χ2n) is 4.93. The van der Waals surface area contributed by atoms with Gasteiger partial charge in [-0.15, -0.1) is 10.2 Å². The molecule has 1 saturated carbocycles. The Kier molecular flexibility index (Phi) is 3.29. The molecule has 0 N–H and O–H groups in total. The van der Waals surface area contributed by atoms with Gasteiger partial charge >= 0.3 is 0 Å². The topological polar surface area (TPSA) is 73.8 Å². The molecule has 1 aromatic carbocycles. The maximum absolute atomic E-state index is 10.9. The van der Waals surface area contributed by atoms with Crippen molar-refractivity contribution in [1.29, 1.82) is 0 Å². The average Bonchev–Trinajstić information content (AvgIpc) is 3.18. The molecule has 0 saturated heterocycles. The van der Waals surface area contributed by atoms with Crippen molar-refractivity contribution >= 4 is 21.6 Å². The number of nitro benzene ring substituents is 1. The van der Waals surface area contributed by atoms with E-state index in [0.717, 1.165) is 35.6 Å². The summed E-state index contributed by atoms with van der Waals surface area (Å²) < 4.78 is 2.10. The molecule has 20 heavy (non-hydrogen) atoms. The number of hydrogen-bond acceptors (Lipinski definition) is 4. The fraction of sp³-hybridized carbons (Fsp3) is 0.385. The van der Waals surface area contributed by atoms with E-state index in [-0.39, 0.29) is 10.6 Å². The van der Waals surface area contributed by atoms with E-state index < -0.39 is 0 Å². The predicted molar refractivity (Wildman–Crippen MR) is 77.8 cm³/mol. The van der Waals surface area contributed by atoms with Gasteiger partial charge in [0.25, 0.3) is 5.69 Å². The molecule has 3 rings (SSSR count). The highest BCUT2D eigenvalue weighted by Crippen LogP contribution is 2.40. The van der Waals surface area contributed by atoms with E-state index in [2.05, 4.69) is 30.7 Å². The van der Waals surface area contributed by atoms with Gasteiger partial charge in [0.05, 0.1) is 10.3 Å². The number of aromatic nitrogens is 3. The number of aryl methyl sites for hydroxylation is 1. The molecule has 1 aliphatic rings. The Morgan fingerprint density at radius 2 is 2.20 bits per heavy atom. The van der Waals surface area contributed by atoms with Crippen LogP contribution in [0.5, 0.6) is 0 Å². The second kappa shape index (κ2) is 4.97. The number of alkyl halides is 1. The third kappa shape index (κ3) is 2.22. The number of nitrogens with zero attached hydrogens (tertiary/aromatic N) is 4. The summed E-state index contributed by atoms with van der Waals surface area (Å²) >= 11 is 3.41. The summed E-state index contributed by atoms with van der Waals surface area (Å²) in [4.78, 5) is 10.6. The van der Waals surface area contributed by atoms with Crippen LogP contribution in [0.1, 0.15) is 30.3 Å². The van der Waals surface area contributed by atoms with E-state index in [1.165, 1.54) is 6.07 Å². The fourth-order valence-corrected chi connectivity index (χ4v) is 2.66. The summed E-state index contributed by atoms with van der Waals surface area (Å²) in [6.45, 7) is 1.93. The van der Waals surface area contributed by atoms with Crippen molar-refractivity contribution in [2.75, 3.05) is 0 Å². The highest BCUT2D eigenvalue weighted by atomic mass is 79.9. The van der Waals surface area contributed by atoms with Crippen LogP contribution in [0.25, 0.3) is 11.4 Å². The van der Waals surface area contributed by atoms with Gasteiger partial charge in [-0.1, -0.05) is 22.0 Å². The highest BCUT2D eigenvalue weighted by molar-refractivity contribution is 9.08. The number of halogens is 1. The molecule has 104 valence electrons. The standard InChI is InChI=1S/C13H13BrN4O2/c1-8-2-3-10(18(19)20)6-11(8)13-16-15-12(7-14)17(13)9-4-5-9/h2-3,6,9H,4-5,7H2,1H3. The average molecular weight is 337 g/mol. The van der Waals surface area contributed by atoms with E-state index in [4.69, 9.17) is 0 Å². The molecule has 0 aliphatic heterocycles. The van der Waals surface area contributed by atoms with Gasteiger partial charge in [-0.25, -0.2) is 0 Å². The van der Waals surface area contributed by atoms with Crippen LogP contribution < -0.4 is 0 Å². The summed E-state index contributed by atoms with van der Waals surface area (Å²) in [5.41, 5.74) is 1.83. The maximum atomic E-state index is 10.9. The molecule has 0 amide bonds. The van der Waals surface area contributed by atoms with Crippen LogP contribution in [-0.4, -0.2) is 19.7 Å². The van der Waals surface area contributed by atoms with E-state index >= 15 is 0 Å². The third-order valence-corrected chi connectivity index (χ3v) is 3.97. The third-order valence-electron chi connectivity index (χ3n) is 3.47. The van der Waals surface area contributed by atoms with Crippen molar-refractivity contribution in [3.8, 4) is 11.4 Å². The van der Waals surface area contributed by atoms with Gasteiger partial charge in [-0.3, -0.25) is 10.1 Å². The first-order valence-corrected chi connectivity index (χ1v) is 7.49. The Bertz CT molecular complexity index is 679. The molecule has 6 nitrogen and oxygen atoms in total. The van der Waals surface area contributed by atoms with Crippen LogP contribution in [0.2, 0.25) is 0 Å². The largest absolute Gasteiger partial charge is 0.307 e. The first kappa shape index (κ1) is 13.2. The zero-order valence-electron chi connectivity index (χ0n) is 10.9. The number of hydrogen-bond donors (Lipinski definition) is 0. The lowest BCUT2D eigenvalue weighted by atomic mass is 10.1. The highest BCUT2D eigenvalue weighted by Gasteiger charge is 2.30.